The minimum absolute atomic E-state index is 0.702. The molecule has 0 radical (unpaired) electrons. The number of nitrogens with zero attached hydrogens (tertiary/aromatic N) is 4. The third-order valence-electron chi connectivity index (χ3n) is 8.10. The lowest BCUT2D eigenvalue weighted by molar-refractivity contribution is 0.889. The zero-order chi connectivity index (χ0) is 28.8. The molecule has 6 aromatic carbocycles. The van der Waals surface area contributed by atoms with E-state index in [0.29, 0.717) is 5.82 Å². The highest BCUT2D eigenvalue weighted by molar-refractivity contribution is 6.09. The van der Waals surface area contributed by atoms with Crippen LogP contribution < -0.4 is 0 Å². The molecule has 0 bridgehead atoms. The molecular formula is C39H28N4. The average Bonchev–Trinajstić information content (AvgIpc) is 3.66. The Labute approximate surface area is 250 Å². The molecule has 4 nitrogen and oxygen atoms in total. The van der Waals surface area contributed by atoms with Crippen LogP contribution in [0.15, 0.2) is 152 Å². The molecule has 0 atom stereocenters. The zero-order valence-electron chi connectivity index (χ0n) is 23.7. The molecule has 0 saturated heterocycles. The highest BCUT2D eigenvalue weighted by atomic mass is 15.4. The first kappa shape index (κ1) is 25.0. The van der Waals surface area contributed by atoms with Crippen LogP contribution in [0.4, 0.5) is 0 Å². The predicted octanol–water partition coefficient (Wildman–Crippen LogP) is 9.67. The van der Waals surface area contributed by atoms with Gasteiger partial charge in [-0.1, -0.05) is 121 Å². The second-order valence-electron chi connectivity index (χ2n) is 10.9. The molecule has 8 rings (SSSR count). The van der Waals surface area contributed by atoms with Crippen molar-refractivity contribution in [2.45, 2.75) is 6.92 Å². The molecule has 0 fully saturated rings. The van der Waals surface area contributed by atoms with E-state index in [2.05, 4.69) is 157 Å². The topological polar surface area (TPSA) is 35.6 Å². The van der Waals surface area contributed by atoms with Crippen LogP contribution >= 0.6 is 0 Å². The van der Waals surface area contributed by atoms with Gasteiger partial charge >= 0.3 is 0 Å². The minimum atomic E-state index is 0.702. The van der Waals surface area contributed by atoms with E-state index in [-0.39, 0.29) is 0 Å². The standard InChI is InChI=1S/C39H28N4/c1-27-15-17-30(18-16-27)38-40-39(31-21-19-29(20-22-31)28-9-3-2-4-10-28)43(41-38)33-25-23-32(24-26-33)42-36-13-7-5-11-34(36)35-12-6-8-14-37(35)42/h2-26H,1H3. The summed E-state index contributed by atoms with van der Waals surface area (Å²) >= 11 is 0. The quantitative estimate of drug-likeness (QED) is 0.213. The number of benzene rings is 6. The summed E-state index contributed by atoms with van der Waals surface area (Å²) in [7, 11) is 0. The Kier molecular flexibility index (Phi) is 5.97. The molecule has 0 aliphatic carbocycles. The Morgan fingerprint density at radius 1 is 0.442 bits per heavy atom. The number of para-hydroxylation sites is 2. The van der Waals surface area contributed by atoms with Crippen molar-refractivity contribution in [3.8, 4) is 45.3 Å². The molecule has 204 valence electrons. The van der Waals surface area contributed by atoms with E-state index >= 15 is 0 Å². The SMILES string of the molecule is Cc1ccc(-c2nc(-c3ccc(-c4ccccc4)cc3)n(-c3ccc(-n4c5ccccc5c5ccccc54)cc3)n2)cc1. The van der Waals surface area contributed by atoms with Gasteiger partial charge in [-0.05, 0) is 54.4 Å². The van der Waals surface area contributed by atoms with Gasteiger partial charge in [0.25, 0.3) is 0 Å². The van der Waals surface area contributed by atoms with Crippen molar-refractivity contribution in [3.63, 3.8) is 0 Å². The van der Waals surface area contributed by atoms with Crippen LogP contribution in [0.1, 0.15) is 5.56 Å². The van der Waals surface area contributed by atoms with Gasteiger partial charge in [0, 0.05) is 27.6 Å². The molecule has 2 heterocycles. The highest BCUT2D eigenvalue weighted by Crippen LogP contribution is 2.33. The van der Waals surface area contributed by atoms with Crippen LogP contribution in [0.2, 0.25) is 0 Å². The van der Waals surface area contributed by atoms with Crippen LogP contribution in [0, 0.1) is 6.92 Å². The molecule has 0 amide bonds. The Morgan fingerprint density at radius 2 is 0.953 bits per heavy atom. The molecule has 2 aromatic heterocycles. The maximum atomic E-state index is 5.06. The smallest absolute Gasteiger partial charge is 0.182 e. The first-order valence-corrected chi connectivity index (χ1v) is 14.5. The molecule has 0 saturated carbocycles. The number of fused-ring (bicyclic) bond motifs is 3. The lowest BCUT2D eigenvalue weighted by Crippen LogP contribution is -2.01. The maximum absolute atomic E-state index is 5.06. The van der Waals surface area contributed by atoms with Crippen LogP contribution in [-0.2, 0) is 0 Å². The van der Waals surface area contributed by atoms with E-state index < -0.39 is 0 Å². The molecule has 0 spiro atoms. The monoisotopic (exact) mass is 552 g/mol. The summed E-state index contributed by atoms with van der Waals surface area (Å²) in [6.45, 7) is 2.09. The number of aromatic nitrogens is 4. The number of hydrogen-bond acceptors (Lipinski definition) is 2. The summed E-state index contributed by atoms with van der Waals surface area (Å²) in [4.78, 5) is 5.06. The van der Waals surface area contributed by atoms with Crippen LogP contribution in [0.3, 0.4) is 0 Å². The molecule has 4 heteroatoms. The van der Waals surface area contributed by atoms with Gasteiger partial charge in [0.05, 0.1) is 16.7 Å². The van der Waals surface area contributed by atoms with E-state index in [1.165, 1.54) is 38.5 Å². The summed E-state index contributed by atoms with van der Waals surface area (Å²) in [5.41, 5.74) is 10.0. The fourth-order valence-corrected chi connectivity index (χ4v) is 5.89. The third-order valence-corrected chi connectivity index (χ3v) is 8.10. The fraction of sp³-hybridized carbons (Fsp3) is 0.0256. The summed E-state index contributed by atoms with van der Waals surface area (Å²) in [6.07, 6.45) is 0. The van der Waals surface area contributed by atoms with Crippen molar-refractivity contribution in [2.24, 2.45) is 0 Å². The molecule has 0 aliphatic heterocycles. The van der Waals surface area contributed by atoms with E-state index in [9.17, 15) is 0 Å². The summed E-state index contributed by atoms with van der Waals surface area (Å²) in [5, 5.41) is 7.53. The second kappa shape index (κ2) is 10.3. The normalized spacial score (nSPS) is 11.4. The second-order valence-corrected chi connectivity index (χ2v) is 10.9. The molecule has 0 aliphatic rings. The maximum Gasteiger partial charge on any atom is 0.182 e. The summed E-state index contributed by atoms with van der Waals surface area (Å²) in [5.74, 6) is 1.51. The third kappa shape index (κ3) is 4.41. The van der Waals surface area contributed by atoms with Gasteiger partial charge in [0.15, 0.2) is 11.6 Å². The van der Waals surface area contributed by atoms with Gasteiger partial charge in [0.1, 0.15) is 0 Å². The molecule has 0 unspecified atom stereocenters. The van der Waals surface area contributed by atoms with Gasteiger partial charge in [-0.2, -0.15) is 0 Å². The van der Waals surface area contributed by atoms with Crippen molar-refractivity contribution in [1.29, 1.82) is 0 Å². The van der Waals surface area contributed by atoms with Gasteiger partial charge < -0.3 is 4.57 Å². The van der Waals surface area contributed by atoms with Crippen molar-refractivity contribution in [1.82, 2.24) is 19.3 Å². The Morgan fingerprint density at radius 3 is 1.60 bits per heavy atom. The molecule has 43 heavy (non-hydrogen) atoms. The van der Waals surface area contributed by atoms with Gasteiger partial charge in [0.2, 0.25) is 0 Å². The van der Waals surface area contributed by atoms with E-state index in [1.54, 1.807) is 0 Å². The lowest BCUT2D eigenvalue weighted by Gasteiger charge is -2.11. The van der Waals surface area contributed by atoms with E-state index in [4.69, 9.17) is 10.1 Å². The number of hydrogen-bond donors (Lipinski definition) is 0. The number of aryl methyl sites for hydroxylation is 1. The van der Waals surface area contributed by atoms with E-state index in [1.807, 2.05) is 10.7 Å². The van der Waals surface area contributed by atoms with Crippen molar-refractivity contribution in [2.75, 3.05) is 0 Å². The van der Waals surface area contributed by atoms with Crippen molar-refractivity contribution < 1.29 is 0 Å². The zero-order valence-corrected chi connectivity index (χ0v) is 23.7. The lowest BCUT2D eigenvalue weighted by atomic mass is 10.0. The molecular weight excluding hydrogens is 524 g/mol. The summed E-state index contributed by atoms with van der Waals surface area (Å²) in [6, 6.07) is 53.2. The van der Waals surface area contributed by atoms with Crippen LogP contribution in [0.25, 0.3) is 67.1 Å². The van der Waals surface area contributed by atoms with Crippen molar-refractivity contribution in [3.05, 3.63) is 157 Å². The molecule has 0 N–H and O–H groups in total. The van der Waals surface area contributed by atoms with Gasteiger partial charge in [-0.3, -0.25) is 0 Å². The van der Waals surface area contributed by atoms with Crippen LogP contribution in [-0.4, -0.2) is 19.3 Å². The fourth-order valence-electron chi connectivity index (χ4n) is 5.89. The first-order valence-electron chi connectivity index (χ1n) is 14.5. The average molecular weight is 553 g/mol. The van der Waals surface area contributed by atoms with Gasteiger partial charge in [-0.15, -0.1) is 5.10 Å². The summed E-state index contributed by atoms with van der Waals surface area (Å²) < 4.78 is 4.29. The van der Waals surface area contributed by atoms with Crippen molar-refractivity contribution >= 4 is 21.8 Å². The minimum Gasteiger partial charge on any atom is -0.309 e. The predicted molar refractivity (Wildman–Crippen MR) is 177 cm³/mol. The number of rotatable bonds is 5. The van der Waals surface area contributed by atoms with Crippen LogP contribution in [0.5, 0.6) is 0 Å². The Bertz CT molecular complexity index is 2150. The van der Waals surface area contributed by atoms with E-state index in [0.717, 1.165) is 28.3 Å². The molecule has 8 aromatic rings. The first-order chi connectivity index (χ1) is 21.2. The Balaban J connectivity index is 1.24. The Hall–Kier alpha value is -5.74. The highest BCUT2D eigenvalue weighted by Gasteiger charge is 2.17. The largest absolute Gasteiger partial charge is 0.309 e. The van der Waals surface area contributed by atoms with Gasteiger partial charge in [-0.25, -0.2) is 9.67 Å².